The van der Waals surface area contributed by atoms with Crippen LogP contribution in [-0.4, -0.2) is 41.9 Å². The molecule has 0 aliphatic carbocycles. The van der Waals surface area contributed by atoms with E-state index in [0.717, 1.165) is 10.6 Å². The second-order valence-electron chi connectivity index (χ2n) is 6.76. The van der Waals surface area contributed by atoms with E-state index in [4.69, 9.17) is 0 Å². The zero-order valence-corrected chi connectivity index (χ0v) is 18.0. The number of pyridine rings is 1. The third-order valence-electron chi connectivity index (χ3n) is 4.63. The minimum atomic E-state index is -0.697. The SMILES string of the molecule is C=CC(=O)NCCCn1c(O)c(C#N)c(C)c(N=Nc2nn(-c3ncccn3)cc2C#N)c1=O. The summed E-state index contributed by atoms with van der Waals surface area (Å²) in [6, 6.07) is 5.41. The van der Waals surface area contributed by atoms with Crippen LogP contribution in [0.15, 0.2) is 52.3 Å². The average molecular weight is 458 g/mol. The van der Waals surface area contributed by atoms with Gasteiger partial charge in [-0.15, -0.1) is 15.3 Å². The molecule has 0 aliphatic heterocycles. The number of azo groups is 1. The van der Waals surface area contributed by atoms with E-state index in [9.17, 15) is 25.2 Å². The minimum absolute atomic E-state index is 0.00296. The number of nitriles is 2. The quantitative estimate of drug-likeness (QED) is 0.290. The highest BCUT2D eigenvalue weighted by Gasteiger charge is 2.19. The number of aromatic nitrogens is 5. The number of carbonyl (C=O) groups is 1. The summed E-state index contributed by atoms with van der Waals surface area (Å²) in [6.07, 6.45) is 5.78. The number of nitrogens with one attached hydrogen (secondary N) is 1. The minimum Gasteiger partial charge on any atom is -0.493 e. The molecule has 13 heteroatoms. The van der Waals surface area contributed by atoms with Gasteiger partial charge in [0, 0.05) is 31.0 Å². The number of aromatic hydroxyl groups is 1. The maximum atomic E-state index is 13.0. The fourth-order valence-corrected chi connectivity index (χ4v) is 2.91. The maximum absolute atomic E-state index is 13.0. The molecule has 0 atom stereocenters. The van der Waals surface area contributed by atoms with E-state index in [0.29, 0.717) is 0 Å². The first kappa shape index (κ1) is 23.5. The molecule has 1 amide bonds. The lowest BCUT2D eigenvalue weighted by Gasteiger charge is -2.13. The van der Waals surface area contributed by atoms with Gasteiger partial charge in [-0.05, 0) is 25.5 Å². The van der Waals surface area contributed by atoms with E-state index in [-0.39, 0.29) is 59.6 Å². The molecule has 0 saturated heterocycles. The summed E-state index contributed by atoms with van der Waals surface area (Å²) in [4.78, 5) is 32.3. The monoisotopic (exact) mass is 458 g/mol. The van der Waals surface area contributed by atoms with Gasteiger partial charge in [-0.3, -0.25) is 14.2 Å². The van der Waals surface area contributed by atoms with Gasteiger partial charge in [-0.1, -0.05) is 6.58 Å². The van der Waals surface area contributed by atoms with Crippen LogP contribution < -0.4 is 10.9 Å². The number of carbonyl (C=O) groups excluding carboxylic acids is 1. The molecule has 0 fully saturated rings. The van der Waals surface area contributed by atoms with Crippen molar-refractivity contribution in [1.82, 2.24) is 29.6 Å². The molecule has 3 aromatic rings. The topological polar surface area (TPSA) is 187 Å². The van der Waals surface area contributed by atoms with Crippen molar-refractivity contribution < 1.29 is 9.90 Å². The predicted molar refractivity (Wildman–Crippen MR) is 118 cm³/mol. The molecule has 0 bridgehead atoms. The van der Waals surface area contributed by atoms with E-state index in [2.05, 4.69) is 37.2 Å². The summed E-state index contributed by atoms with van der Waals surface area (Å²) in [5, 5.41) is 43.9. The Labute approximate surface area is 193 Å². The molecule has 3 heterocycles. The molecular formula is C21H18N10O3. The van der Waals surface area contributed by atoms with Crippen molar-refractivity contribution in [3.05, 3.63) is 64.4 Å². The molecule has 3 rings (SSSR count). The third kappa shape index (κ3) is 4.84. The first-order valence-corrected chi connectivity index (χ1v) is 9.86. The van der Waals surface area contributed by atoms with Gasteiger partial charge < -0.3 is 10.4 Å². The van der Waals surface area contributed by atoms with E-state index >= 15 is 0 Å². The van der Waals surface area contributed by atoms with Crippen LogP contribution in [0.4, 0.5) is 11.5 Å². The molecular weight excluding hydrogens is 440 g/mol. The van der Waals surface area contributed by atoms with Crippen molar-refractivity contribution in [3.63, 3.8) is 0 Å². The van der Waals surface area contributed by atoms with Gasteiger partial charge in [0.2, 0.25) is 17.6 Å². The Morgan fingerprint density at radius 2 is 2.03 bits per heavy atom. The second-order valence-corrected chi connectivity index (χ2v) is 6.76. The summed E-state index contributed by atoms with van der Waals surface area (Å²) >= 11 is 0. The van der Waals surface area contributed by atoms with Crippen LogP contribution in [-0.2, 0) is 11.3 Å². The molecule has 13 nitrogen and oxygen atoms in total. The summed E-state index contributed by atoms with van der Waals surface area (Å²) in [5.74, 6) is -0.763. The zero-order valence-electron chi connectivity index (χ0n) is 18.0. The number of rotatable bonds is 8. The van der Waals surface area contributed by atoms with E-state index in [1.807, 2.05) is 12.1 Å². The Balaban J connectivity index is 1.97. The van der Waals surface area contributed by atoms with Gasteiger partial charge in [0.15, 0.2) is 5.69 Å². The van der Waals surface area contributed by atoms with Crippen molar-refractivity contribution in [2.24, 2.45) is 10.2 Å². The van der Waals surface area contributed by atoms with Crippen molar-refractivity contribution >= 4 is 17.4 Å². The molecule has 0 saturated carbocycles. The largest absolute Gasteiger partial charge is 0.493 e. The van der Waals surface area contributed by atoms with Crippen LogP contribution in [0.2, 0.25) is 0 Å². The maximum Gasteiger partial charge on any atom is 0.281 e. The van der Waals surface area contributed by atoms with Crippen molar-refractivity contribution in [1.29, 1.82) is 10.5 Å². The molecule has 3 aromatic heterocycles. The number of hydrogen-bond donors (Lipinski definition) is 2. The van der Waals surface area contributed by atoms with Gasteiger partial charge >= 0.3 is 0 Å². The third-order valence-corrected chi connectivity index (χ3v) is 4.63. The zero-order chi connectivity index (χ0) is 24.7. The fourth-order valence-electron chi connectivity index (χ4n) is 2.91. The summed E-state index contributed by atoms with van der Waals surface area (Å²) in [6.45, 7) is 5.01. The first-order chi connectivity index (χ1) is 16.4. The molecule has 0 unspecified atom stereocenters. The molecule has 170 valence electrons. The first-order valence-electron chi connectivity index (χ1n) is 9.86. The molecule has 0 aliphatic rings. The summed E-state index contributed by atoms with van der Waals surface area (Å²) in [7, 11) is 0. The van der Waals surface area contributed by atoms with Crippen molar-refractivity contribution in [2.45, 2.75) is 19.9 Å². The normalized spacial score (nSPS) is 10.6. The van der Waals surface area contributed by atoms with Gasteiger partial charge in [-0.25, -0.2) is 14.6 Å². The number of hydrogen-bond acceptors (Lipinski definition) is 10. The van der Waals surface area contributed by atoms with Gasteiger partial charge in [0.25, 0.3) is 11.5 Å². The van der Waals surface area contributed by atoms with Crippen LogP contribution in [0.1, 0.15) is 23.1 Å². The Morgan fingerprint density at radius 3 is 2.68 bits per heavy atom. The van der Waals surface area contributed by atoms with Gasteiger partial charge in [0.05, 0.1) is 6.20 Å². The lowest BCUT2D eigenvalue weighted by molar-refractivity contribution is -0.116. The van der Waals surface area contributed by atoms with E-state index in [1.165, 1.54) is 30.2 Å². The highest BCUT2D eigenvalue weighted by Crippen LogP contribution is 2.27. The standard InChI is InChI=1S/C21H18N10O3/c1-3-16(32)24-8-5-9-30-19(33)15(11-23)13(2)17(20(30)34)27-28-18-14(10-22)12-31(29-18)21-25-6-4-7-26-21/h3-4,6-7,12,33H,1,5,8-9H2,2H3,(H,24,32). The van der Waals surface area contributed by atoms with Crippen molar-refractivity contribution in [2.75, 3.05) is 6.54 Å². The lowest BCUT2D eigenvalue weighted by Crippen LogP contribution is -2.26. The lowest BCUT2D eigenvalue weighted by atomic mass is 10.1. The Kier molecular flexibility index (Phi) is 7.21. The fraction of sp³-hybridized carbons (Fsp3) is 0.190. The smallest absolute Gasteiger partial charge is 0.281 e. The molecule has 34 heavy (non-hydrogen) atoms. The molecule has 0 aromatic carbocycles. The van der Waals surface area contributed by atoms with Crippen LogP contribution in [0.3, 0.4) is 0 Å². The number of nitrogens with zero attached hydrogens (tertiary/aromatic N) is 9. The Morgan fingerprint density at radius 1 is 1.29 bits per heavy atom. The molecule has 2 N–H and O–H groups in total. The van der Waals surface area contributed by atoms with Gasteiger partial charge in [0.1, 0.15) is 23.3 Å². The highest BCUT2D eigenvalue weighted by molar-refractivity contribution is 5.86. The van der Waals surface area contributed by atoms with Crippen LogP contribution >= 0.6 is 0 Å². The summed E-state index contributed by atoms with van der Waals surface area (Å²) < 4.78 is 2.22. The average Bonchev–Trinajstić information content (AvgIpc) is 3.27. The van der Waals surface area contributed by atoms with Crippen LogP contribution in [0.5, 0.6) is 5.88 Å². The van der Waals surface area contributed by atoms with E-state index in [1.54, 1.807) is 6.07 Å². The second kappa shape index (κ2) is 10.4. The molecule has 0 spiro atoms. The highest BCUT2D eigenvalue weighted by atomic mass is 16.3. The van der Waals surface area contributed by atoms with Crippen molar-refractivity contribution in [3.8, 4) is 24.0 Å². The Hall–Kier alpha value is -5.17. The van der Waals surface area contributed by atoms with E-state index < -0.39 is 11.4 Å². The van der Waals surface area contributed by atoms with Crippen LogP contribution in [0, 0.1) is 29.6 Å². The molecule has 0 radical (unpaired) electrons. The number of amides is 1. The predicted octanol–water partition coefficient (Wildman–Crippen LogP) is 1.69. The van der Waals surface area contributed by atoms with Crippen LogP contribution in [0.25, 0.3) is 5.95 Å². The Bertz CT molecular complexity index is 1410. The van der Waals surface area contributed by atoms with Gasteiger partial charge in [-0.2, -0.15) is 10.5 Å². The summed E-state index contributed by atoms with van der Waals surface area (Å²) in [5.41, 5.74) is -0.857.